The first kappa shape index (κ1) is 20.8. The number of aromatic nitrogens is 2. The van der Waals surface area contributed by atoms with Gasteiger partial charge in [-0.2, -0.15) is 10.2 Å². The molecule has 2 N–H and O–H groups in total. The molecule has 5 nitrogen and oxygen atoms in total. The SMILES string of the molecule is S=C(N/N=C\c1cn(-c2ccccc2)nc1-c1ccc(Br)cc1)NC1CCCCC1. The molecule has 0 saturated heterocycles. The Morgan fingerprint density at radius 1 is 1.07 bits per heavy atom. The average Bonchev–Trinajstić information content (AvgIpc) is 3.20. The van der Waals surface area contributed by atoms with Crippen LogP contribution in [0.4, 0.5) is 0 Å². The van der Waals surface area contributed by atoms with E-state index in [1.165, 1.54) is 32.1 Å². The molecule has 0 spiro atoms. The molecule has 1 fully saturated rings. The van der Waals surface area contributed by atoms with E-state index < -0.39 is 0 Å². The van der Waals surface area contributed by atoms with E-state index in [2.05, 4.69) is 31.8 Å². The van der Waals surface area contributed by atoms with Gasteiger partial charge in [-0.05, 0) is 49.3 Å². The van der Waals surface area contributed by atoms with Crippen LogP contribution in [0, 0.1) is 0 Å². The second kappa shape index (κ2) is 10.00. The zero-order valence-electron chi connectivity index (χ0n) is 16.6. The molecule has 1 saturated carbocycles. The molecule has 4 rings (SSSR count). The topological polar surface area (TPSA) is 54.2 Å². The first-order chi connectivity index (χ1) is 14.7. The van der Waals surface area contributed by atoms with Crippen LogP contribution in [0.25, 0.3) is 16.9 Å². The summed E-state index contributed by atoms with van der Waals surface area (Å²) in [5, 5.41) is 13.1. The molecular formula is C23H24BrN5S. The van der Waals surface area contributed by atoms with Gasteiger partial charge < -0.3 is 5.32 Å². The van der Waals surface area contributed by atoms with Gasteiger partial charge in [0.2, 0.25) is 0 Å². The van der Waals surface area contributed by atoms with E-state index in [9.17, 15) is 0 Å². The predicted molar refractivity (Wildman–Crippen MR) is 130 cm³/mol. The zero-order valence-corrected chi connectivity index (χ0v) is 19.0. The molecule has 3 aromatic rings. The summed E-state index contributed by atoms with van der Waals surface area (Å²) < 4.78 is 2.90. The maximum Gasteiger partial charge on any atom is 0.187 e. The first-order valence-corrected chi connectivity index (χ1v) is 11.4. The maximum absolute atomic E-state index is 5.41. The van der Waals surface area contributed by atoms with Crippen LogP contribution in [0.1, 0.15) is 37.7 Å². The van der Waals surface area contributed by atoms with Crippen molar-refractivity contribution in [2.75, 3.05) is 0 Å². The normalized spacial score (nSPS) is 14.7. The van der Waals surface area contributed by atoms with Crippen molar-refractivity contribution in [2.45, 2.75) is 38.1 Å². The van der Waals surface area contributed by atoms with E-state index >= 15 is 0 Å². The lowest BCUT2D eigenvalue weighted by Gasteiger charge is -2.23. The third-order valence-electron chi connectivity index (χ3n) is 5.19. The molecule has 2 aromatic carbocycles. The van der Waals surface area contributed by atoms with Crippen LogP contribution in [0.2, 0.25) is 0 Å². The minimum atomic E-state index is 0.452. The second-order valence-electron chi connectivity index (χ2n) is 7.40. The molecule has 0 amide bonds. The molecule has 30 heavy (non-hydrogen) atoms. The maximum atomic E-state index is 5.41. The van der Waals surface area contributed by atoms with Crippen LogP contribution in [-0.2, 0) is 0 Å². The lowest BCUT2D eigenvalue weighted by Crippen LogP contribution is -2.40. The van der Waals surface area contributed by atoms with Gasteiger partial charge in [0.05, 0.1) is 11.9 Å². The number of rotatable bonds is 5. The van der Waals surface area contributed by atoms with Gasteiger partial charge in [0.1, 0.15) is 5.69 Å². The molecule has 1 heterocycles. The largest absolute Gasteiger partial charge is 0.359 e. The van der Waals surface area contributed by atoms with Gasteiger partial charge in [-0.25, -0.2) is 4.68 Å². The molecule has 7 heteroatoms. The number of hydrazone groups is 1. The van der Waals surface area contributed by atoms with Crippen LogP contribution < -0.4 is 10.7 Å². The van der Waals surface area contributed by atoms with Crippen molar-refractivity contribution < 1.29 is 0 Å². The number of para-hydroxylation sites is 1. The van der Waals surface area contributed by atoms with E-state index in [1.807, 2.05) is 65.5 Å². The van der Waals surface area contributed by atoms with Crippen molar-refractivity contribution in [1.82, 2.24) is 20.5 Å². The summed E-state index contributed by atoms with van der Waals surface area (Å²) in [6.07, 6.45) is 9.94. The fourth-order valence-electron chi connectivity index (χ4n) is 3.65. The fraction of sp³-hybridized carbons (Fsp3) is 0.261. The number of benzene rings is 2. The van der Waals surface area contributed by atoms with Gasteiger partial charge in [-0.1, -0.05) is 65.5 Å². The van der Waals surface area contributed by atoms with Gasteiger partial charge >= 0.3 is 0 Å². The highest BCUT2D eigenvalue weighted by Gasteiger charge is 2.14. The van der Waals surface area contributed by atoms with Crippen LogP contribution in [0.5, 0.6) is 0 Å². The molecule has 1 aromatic heterocycles. The Bertz CT molecular complexity index is 1010. The minimum absolute atomic E-state index is 0.452. The van der Waals surface area contributed by atoms with Crippen LogP contribution in [-0.4, -0.2) is 27.1 Å². The van der Waals surface area contributed by atoms with E-state index in [1.54, 1.807) is 6.21 Å². The molecule has 154 valence electrons. The highest BCUT2D eigenvalue weighted by Crippen LogP contribution is 2.24. The summed E-state index contributed by atoms with van der Waals surface area (Å²) in [5.41, 5.74) is 6.76. The molecular weight excluding hydrogens is 458 g/mol. The van der Waals surface area contributed by atoms with Crippen LogP contribution in [0.15, 0.2) is 70.4 Å². The van der Waals surface area contributed by atoms with Gasteiger partial charge in [0.15, 0.2) is 5.11 Å². The third kappa shape index (κ3) is 5.34. The number of halogens is 1. The molecule has 0 radical (unpaired) electrons. The van der Waals surface area contributed by atoms with E-state index in [0.717, 1.165) is 27.0 Å². The quantitative estimate of drug-likeness (QED) is 0.289. The number of hydrogen-bond donors (Lipinski definition) is 2. The molecule has 0 bridgehead atoms. The monoisotopic (exact) mass is 481 g/mol. The smallest absolute Gasteiger partial charge is 0.187 e. The summed E-state index contributed by atoms with van der Waals surface area (Å²) in [7, 11) is 0. The predicted octanol–water partition coefficient (Wildman–Crippen LogP) is 5.43. The standard InChI is InChI=1S/C23H24BrN5S/c24-19-13-11-17(12-14-19)22-18(16-29(28-22)21-9-5-2-6-10-21)15-25-27-23(30)26-20-7-3-1-4-8-20/h2,5-6,9-16,20H,1,3-4,7-8H2,(H2,26,27,30)/b25-15-. The lowest BCUT2D eigenvalue weighted by molar-refractivity contribution is 0.412. The highest BCUT2D eigenvalue weighted by atomic mass is 79.9. The number of nitrogens with zero attached hydrogens (tertiary/aromatic N) is 3. The van der Waals surface area contributed by atoms with Crippen molar-refractivity contribution in [3.05, 3.63) is 70.8 Å². The molecule has 0 unspecified atom stereocenters. The van der Waals surface area contributed by atoms with Crippen molar-refractivity contribution in [2.24, 2.45) is 5.10 Å². The minimum Gasteiger partial charge on any atom is -0.359 e. The summed E-state index contributed by atoms with van der Waals surface area (Å²) in [6, 6.07) is 18.6. The molecule has 1 aliphatic carbocycles. The molecule has 0 aliphatic heterocycles. The Morgan fingerprint density at radius 2 is 1.80 bits per heavy atom. The second-order valence-corrected chi connectivity index (χ2v) is 8.72. The summed E-state index contributed by atoms with van der Waals surface area (Å²) in [4.78, 5) is 0. The third-order valence-corrected chi connectivity index (χ3v) is 5.93. The number of thiocarbonyl (C=S) groups is 1. The van der Waals surface area contributed by atoms with Gasteiger partial charge in [-0.3, -0.25) is 5.43 Å². The Hall–Kier alpha value is -2.51. The summed E-state index contributed by atoms with van der Waals surface area (Å²) >= 11 is 8.90. The van der Waals surface area contributed by atoms with Crippen LogP contribution in [0.3, 0.4) is 0 Å². The summed E-state index contributed by atoms with van der Waals surface area (Å²) in [6.45, 7) is 0. The van der Waals surface area contributed by atoms with E-state index in [4.69, 9.17) is 17.3 Å². The average molecular weight is 482 g/mol. The van der Waals surface area contributed by atoms with E-state index in [-0.39, 0.29) is 0 Å². The Balaban J connectivity index is 1.53. The Labute approximate surface area is 190 Å². The van der Waals surface area contributed by atoms with Crippen molar-refractivity contribution >= 4 is 39.5 Å². The first-order valence-electron chi connectivity index (χ1n) is 10.2. The Morgan fingerprint density at radius 3 is 2.53 bits per heavy atom. The zero-order chi connectivity index (χ0) is 20.8. The van der Waals surface area contributed by atoms with Crippen molar-refractivity contribution in [3.8, 4) is 16.9 Å². The number of nitrogens with one attached hydrogen (secondary N) is 2. The number of hydrogen-bond acceptors (Lipinski definition) is 3. The van der Waals surface area contributed by atoms with E-state index in [0.29, 0.717) is 11.2 Å². The molecule has 1 aliphatic rings. The van der Waals surface area contributed by atoms with Gasteiger partial charge in [0.25, 0.3) is 0 Å². The van der Waals surface area contributed by atoms with Crippen LogP contribution >= 0.6 is 28.1 Å². The highest BCUT2D eigenvalue weighted by molar-refractivity contribution is 9.10. The Kier molecular flexibility index (Phi) is 6.92. The van der Waals surface area contributed by atoms with Gasteiger partial charge in [-0.15, -0.1) is 0 Å². The van der Waals surface area contributed by atoms with Gasteiger partial charge in [0, 0.05) is 27.8 Å². The van der Waals surface area contributed by atoms with Crippen molar-refractivity contribution in [1.29, 1.82) is 0 Å². The summed E-state index contributed by atoms with van der Waals surface area (Å²) in [5.74, 6) is 0. The molecule has 0 atom stereocenters. The fourth-order valence-corrected chi connectivity index (χ4v) is 4.14. The van der Waals surface area contributed by atoms with Crippen molar-refractivity contribution in [3.63, 3.8) is 0 Å². The lowest BCUT2D eigenvalue weighted by atomic mass is 9.96.